The SMILES string of the molecule is COc1ncc(NS(=O)(=O)Cc2ccc(F)cc2)cn1. The highest BCUT2D eigenvalue weighted by Gasteiger charge is 2.12. The van der Waals surface area contributed by atoms with Crippen LogP contribution in [0.2, 0.25) is 0 Å². The van der Waals surface area contributed by atoms with Crippen molar-refractivity contribution in [1.82, 2.24) is 9.97 Å². The Hall–Kier alpha value is -2.22. The van der Waals surface area contributed by atoms with E-state index in [1.54, 1.807) is 0 Å². The third kappa shape index (κ3) is 3.89. The molecule has 2 aromatic rings. The average Bonchev–Trinajstić information content (AvgIpc) is 2.41. The smallest absolute Gasteiger partial charge is 0.316 e. The van der Waals surface area contributed by atoms with Crippen LogP contribution in [0.15, 0.2) is 36.7 Å². The lowest BCUT2D eigenvalue weighted by atomic mass is 10.2. The van der Waals surface area contributed by atoms with Crippen molar-refractivity contribution in [1.29, 1.82) is 0 Å². The number of rotatable bonds is 5. The molecule has 0 radical (unpaired) electrons. The summed E-state index contributed by atoms with van der Waals surface area (Å²) in [6.07, 6.45) is 2.60. The molecule has 1 aromatic heterocycles. The first kappa shape index (κ1) is 14.2. The quantitative estimate of drug-likeness (QED) is 0.906. The minimum absolute atomic E-state index is 0.145. The van der Waals surface area contributed by atoms with E-state index in [9.17, 15) is 12.8 Å². The molecule has 6 nitrogen and oxygen atoms in total. The monoisotopic (exact) mass is 297 g/mol. The van der Waals surface area contributed by atoms with Crippen molar-refractivity contribution in [2.24, 2.45) is 0 Å². The first-order valence-electron chi connectivity index (χ1n) is 5.59. The maximum Gasteiger partial charge on any atom is 0.316 e. The number of anilines is 1. The molecular weight excluding hydrogens is 285 g/mol. The Kier molecular flexibility index (Phi) is 4.14. The van der Waals surface area contributed by atoms with Gasteiger partial charge in [0.05, 0.1) is 30.9 Å². The van der Waals surface area contributed by atoms with Gasteiger partial charge in [-0.05, 0) is 17.7 Å². The van der Waals surface area contributed by atoms with Crippen molar-refractivity contribution < 1.29 is 17.5 Å². The van der Waals surface area contributed by atoms with Crippen LogP contribution in [0, 0.1) is 5.82 Å². The Morgan fingerprint density at radius 2 is 1.80 bits per heavy atom. The molecule has 0 amide bonds. The van der Waals surface area contributed by atoms with Gasteiger partial charge in [0.1, 0.15) is 5.82 Å². The number of aromatic nitrogens is 2. The third-order valence-corrected chi connectivity index (χ3v) is 3.61. The summed E-state index contributed by atoms with van der Waals surface area (Å²) in [5, 5.41) is 0. The number of nitrogens with one attached hydrogen (secondary N) is 1. The Bertz CT molecular complexity index is 672. The van der Waals surface area contributed by atoms with Crippen molar-refractivity contribution in [3.05, 3.63) is 48.0 Å². The van der Waals surface area contributed by atoms with E-state index in [0.29, 0.717) is 5.56 Å². The number of halogens is 1. The minimum atomic E-state index is -3.61. The van der Waals surface area contributed by atoms with Gasteiger partial charge in [-0.15, -0.1) is 0 Å². The lowest BCUT2D eigenvalue weighted by molar-refractivity contribution is 0.380. The van der Waals surface area contributed by atoms with Gasteiger partial charge in [-0.3, -0.25) is 4.72 Å². The van der Waals surface area contributed by atoms with Crippen LogP contribution >= 0.6 is 0 Å². The topological polar surface area (TPSA) is 81.2 Å². The van der Waals surface area contributed by atoms with Gasteiger partial charge in [0, 0.05) is 0 Å². The van der Waals surface area contributed by atoms with Crippen molar-refractivity contribution in [3.8, 4) is 6.01 Å². The fourth-order valence-electron chi connectivity index (χ4n) is 1.49. The molecule has 0 bridgehead atoms. The standard InChI is InChI=1S/C12H12FN3O3S/c1-19-12-14-6-11(7-15-12)16-20(17,18)8-9-2-4-10(13)5-3-9/h2-7,16H,8H2,1H3. The fraction of sp³-hybridized carbons (Fsp3) is 0.167. The predicted molar refractivity (Wildman–Crippen MR) is 71.2 cm³/mol. The summed E-state index contributed by atoms with van der Waals surface area (Å²) in [6.45, 7) is 0. The highest BCUT2D eigenvalue weighted by atomic mass is 32.2. The number of hydrogen-bond donors (Lipinski definition) is 1. The summed E-state index contributed by atoms with van der Waals surface area (Å²) >= 11 is 0. The Morgan fingerprint density at radius 1 is 1.20 bits per heavy atom. The zero-order valence-corrected chi connectivity index (χ0v) is 11.4. The molecule has 0 aliphatic rings. The summed E-state index contributed by atoms with van der Waals surface area (Å²) in [7, 11) is -2.20. The maximum atomic E-state index is 12.7. The van der Waals surface area contributed by atoms with Crippen molar-refractivity contribution >= 4 is 15.7 Å². The molecule has 0 fully saturated rings. The van der Waals surface area contributed by atoms with Gasteiger partial charge in [0.2, 0.25) is 10.0 Å². The molecule has 8 heteroatoms. The second-order valence-corrected chi connectivity index (χ2v) is 5.67. The van der Waals surface area contributed by atoms with Crippen LogP contribution in [0.3, 0.4) is 0 Å². The van der Waals surface area contributed by atoms with Gasteiger partial charge in [0.15, 0.2) is 0 Å². The molecule has 20 heavy (non-hydrogen) atoms. The summed E-state index contributed by atoms with van der Waals surface area (Å²) in [4.78, 5) is 7.58. The van der Waals surface area contributed by atoms with Crippen LogP contribution in [-0.2, 0) is 15.8 Å². The maximum absolute atomic E-state index is 12.7. The van der Waals surface area contributed by atoms with E-state index >= 15 is 0 Å². The van der Waals surface area contributed by atoms with E-state index in [0.717, 1.165) is 0 Å². The predicted octanol–water partition coefficient (Wildman–Crippen LogP) is 1.57. The molecule has 0 atom stereocenters. The van der Waals surface area contributed by atoms with Crippen LogP contribution in [0.4, 0.5) is 10.1 Å². The van der Waals surface area contributed by atoms with E-state index < -0.39 is 15.8 Å². The van der Waals surface area contributed by atoms with Crippen LogP contribution < -0.4 is 9.46 Å². The average molecular weight is 297 g/mol. The number of methoxy groups -OCH3 is 1. The zero-order valence-electron chi connectivity index (χ0n) is 10.6. The van der Waals surface area contributed by atoms with Gasteiger partial charge in [-0.25, -0.2) is 22.8 Å². The van der Waals surface area contributed by atoms with Crippen molar-refractivity contribution in [2.75, 3.05) is 11.8 Å². The largest absolute Gasteiger partial charge is 0.467 e. The number of hydrogen-bond acceptors (Lipinski definition) is 5. The van der Waals surface area contributed by atoms with Crippen LogP contribution in [-0.4, -0.2) is 25.5 Å². The minimum Gasteiger partial charge on any atom is -0.467 e. The number of sulfonamides is 1. The molecule has 106 valence electrons. The first-order valence-corrected chi connectivity index (χ1v) is 7.25. The molecule has 1 heterocycles. The van der Waals surface area contributed by atoms with Crippen LogP contribution in [0.5, 0.6) is 6.01 Å². The van der Waals surface area contributed by atoms with Gasteiger partial charge in [0.25, 0.3) is 0 Å². The number of nitrogens with zero attached hydrogens (tertiary/aromatic N) is 2. The lowest BCUT2D eigenvalue weighted by Gasteiger charge is -2.07. The number of ether oxygens (including phenoxy) is 1. The summed E-state index contributed by atoms with van der Waals surface area (Å²) in [5.74, 6) is -0.679. The highest BCUT2D eigenvalue weighted by molar-refractivity contribution is 7.91. The number of benzene rings is 1. The third-order valence-electron chi connectivity index (χ3n) is 2.35. The fourth-order valence-corrected chi connectivity index (χ4v) is 2.66. The van der Waals surface area contributed by atoms with E-state index in [1.807, 2.05) is 0 Å². The van der Waals surface area contributed by atoms with Crippen molar-refractivity contribution in [3.63, 3.8) is 0 Å². The molecule has 0 aliphatic carbocycles. The van der Waals surface area contributed by atoms with E-state index in [-0.39, 0.29) is 17.5 Å². The first-order chi connectivity index (χ1) is 9.48. The van der Waals surface area contributed by atoms with Gasteiger partial charge < -0.3 is 4.74 Å². The molecule has 0 spiro atoms. The summed E-state index contributed by atoms with van der Waals surface area (Å²) in [6, 6.07) is 5.40. The zero-order chi connectivity index (χ0) is 14.6. The molecular formula is C12H12FN3O3S. The Morgan fingerprint density at radius 3 is 2.35 bits per heavy atom. The van der Waals surface area contributed by atoms with E-state index in [1.165, 1.54) is 43.8 Å². The molecule has 0 saturated carbocycles. The lowest BCUT2D eigenvalue weighted by Crippen LogP contribution is -2.15. The van der Waals surface area contributed by atoms with Crippen molar-refractivity contribution in [2.45, 2.75) is 5.75 Å². The van der Waals surface area contributed by atoms with E-state index in [4.69, 9.17) is 4.74 Å². The molecule has 0 aliphatic heterocycles. The summed E-state index contributed by atoms with van der Waals surface area (Å²) < 4.78 is 43.7. The molecule has 0 unspecified atom stereocenters. The normalized spacial score (nSPS) is 11.1. The van der Waals surface area contributed by atoms with Gasteiger partial charge in [-0.2, -0.15) is 0 Å². The molecule has 1 N–H and O–H groups in total. The Balaban J connectivity index is 2.08. The van der Waals surface area contributed by atoms with E-state index in [2.05, 4.69) is 14.7 Å². The second-order valence-electron chi connectivity index (χ2n) is 3.95. The molecule has 1 aromatic carbocycles. The van der Waals surface area contributed by atoms with Crippen LogP contribution in [0.25, 0.3) is 0 Å². The van der Waals surface area contributed by atoms with Gasteiger partial charge >= 0.3 is 6.01 Å². The molecule has 2 rings (SSSR count). The Labute approximate surface area is 115 Å². The van der Waals surface area contributed by atoms with Gasteiger partial charge in [-0.1, -0.05) is 12.1 Å². The van der Waals surface area contributed by atoms with Crippen LogP contribution in [0.1, 0.15) is 5.56 Å². The molecule has 0 saturated heterocycles. The summed E-state index contributed by atoms with van der Waals surface area (Å²) in [5.41, 5.74) is 0.709. The second kappa shape index (κ2) is 5.83. The highest BCUT2D eigenvalue weighted by Crippen LogP contribution is 2.13.